The lowest BCUT2D eigenvalue weighted by Gasteiger charge is -2.52. The summed E-state index contributed by atoms with van der Waals surface area (Å²) in [6, 6.07) is 0. The third-order valence-electron chi connectivity index (χ3n) is 2.79. The van der Waals surface area contributed by atoms with E-state index in [1.165, 1.54) is 0 Å². The first-order valence-corrected chi connectivity index (χ1v) is 16.0. The molecule has 0 aromatic rings. The first-order chi connectivity index (χ1) is 6.11. The lowest BCUT2D eigenvalue weighted by molar-refractivity contribution is 0.852. The molecular formula is C7H24N3Si4+. The van der Waals surface area contributed by atoms with Crippen LogP contribution in [0.5, 0.6) is 0 Å². The summed E-state index contributed by atoms with van der Waals surface area (Å²) in [5.41, 5.74) is 0. The summed E-state index contributed by atoms with van der Waals surface area (Å²) in [5, 5.41) is 0. The van der Waals surface area contributed by atoms with Gasteiger partial charge in [-0.3, -0.25) is 4.65 Å². The molecule has 0 radical (unpaired) electrons. The van der Waals surface area contributed by atoms with Gasteiger partial charge in [0.15, 0.2) is 16.8 Å². The van der Waals surface area contributed by atoms with Gasteiger partial charge in [0.1, 0.15) is 0 Å². The Balaban J connectivity index is 2.99. The van der Waals surface area contributed by atoms with Gasteiger partial charge in [-0.1, -0.05) is 6.55 Å². The zero-order chi connectivity index (χ0) is 11.2. The Morgan fingerprint density at radius 1 is 1.07 bits per heavy atom. The number of hydrogen-bond acceptors (Lipinski definition) is 3. The molecule has 2 N–H and O–H groups in total. The lowest BCUT2D eigenvalue weighted by Crippen LogP contribution is -2.89. The molecule has 7 heteroatoms. The fraction of sp³-hybridized carbons (Fsp3) is 0.857. The zero-order valence-electron chi connectivity index (χ0n) is 10.4. The van der Waals surface area contributed by atoms with E-state index < -0.39 is 25.2 Å². The van der Waals surface area contributed by atoms with Crippen molar-refractivity contribution in [3.8, 4) is 0 Å². The molecule has 1 fully saturated rings. The van der Waals surface area contributed by atoms with E-state index in [1.54, 1.807) is 0 Å². The Labute approximate surface area is 94.1 Å². The van der Waals surface area contributed by atoms with E-state index in [2.05, 4.69) is 59.0 Å². The van der Waals surface area contributed by atoms with Gasteiger partial charge in [0.05, 0.1) is 9.68 Å². The van der Waals surface area contributed by atoms with Crippen LogP contribution in [0, 0.1) is 6.55 Å². The van der Waals surface area contributed by atoms with E-state index >= 15 is 0 Å². The van der Waals surface area contributed by atoms with Crippen LogP contribution in [0.3, 0.4) is 0 Å². The van der Waals surface area contributed by atoms with Gasteiger partial charge >= 0.3 is 8.40 Å². The Hall–Kier alpha value is 0.618. The van der Waals surface area contributed by atoms with Crippen LogP contribution in [0.4, 0.5) is 0 Å². The van der Waals surface area contributed by atoms with Crippen LogP contribution >= 0.6 is 0 Å². The van der Waals surface area contributed by atoms with Crippen molar-refractivity contribution in [2.24, 2.45) is 0 Å². The molecule has 1 saturated heterocycles. The Morgan fingerprint density at radius 2 is 1.57 bits per heavy atom. The second kappa shape index (κ2) is 3.58. The molecule has 1 aliphatic rings. The van der Waals surface area contributed by atoms with Crippen molar-refractivity contribution in [1.82, 2.24) is 13.2 Å². The van der Waals surface area contributed by atoms with Gasteiger partial charge in [-0.05, 0) is 32.7 Å². The highest BCUT2D eigenvalue weighted by Gasteiger charge is 2.56. The summed E-state index contributed by atoms with van der Waals surface area (Å²) in [6.45, 7) is 18.9. The Kier molecular flexibility index (Phi) is 3.24. The SMILES string of the molecule is [CH2+][Si]1(C)N[Si](C)(C)N[Si](C)(C)N1[SiH2]C. The molecule has 1 rings (SSSR count). The molecule has 0 aliphatic carbocycles. The third-order valence-corrected chi connectivity index (χ3v) is 25.1. The van der Waals surface area contributed by atoms with Crippen LogP contribution in [0.2, 0.25) is 39.3 Å². The van der Waals surface area contributed by atoms with E-state index in [0.29, 0.717) is 0 Å². The van der Waals surface area contributed by atoms with E-state index in [1.807, 2.05) is 0 Å². The highest BCUT2D eigenvalue weighted by Crippen LogP contribution is 2.21. The number of hydrogen-bond donors (Lipinski definition) is 2. The first kappa shape index (κ1) is 12.7. The van der Waals surface area contributed by atoms with E-state index in [9.17, 15) is 0 Å². The van der Waals surface area contributed by atoms with Crippen LogP contribution in [-0.2, 0) is 0 Å². The highest BCUT2D eigenvalue weighted by molar-refractivity contribution is 7.08. The molecule has 0 spiro atoms. The second-order valence-corrected chi connectivity index (χ2v) is 20.4. The quantitative estimate of drug-likeness (QED) is 0.531. The van der Waals surface area contributed by atoms with Crippen molar-refractivity contribution in [3.63, 3.8) is 0 Å². The number of nitrogens with one attached hydrogen (secondary N) is 2. The monoisotopic (exact) mass is 262 g/mol. The zero-order valence-corrected chi connectivity index (χ0v) is 14.8. The standard InChI is InChI=1S/C7H24N3Si4/c1-11-10-13(4,5)8-12(2,3)9-14(10,6)7/h8-9H,4,11H2,1-3,5-7H3/q+1. The molecule has 14 heavy (non-hydrogen) atoms. The van der Waals surface area contributed by atoms with Crippen molar-refractivity contribution < 1.29 is 0 Å². The molecule has 1 atom stereocenters. The highest BCUT2D eigenvalue weighted by atomic mass is 28.5. The largest absolute Gasteiger partial charge is 0.405 e. The summed E-state index contributed by atoms with van der Waals surface area (Å²) in [6.07, 6.45) is 0. The van der Waals surface area contributed by atoms with Gasteiger partial charge in [0.25, 0.3) is 0 Å². The topological polar surface area (TPSA) is 27.3 Å². The predicted octanol–water partition coefficient (Wildman–Crippen LogP) is 0.462. The fourth-order valence-electron chi connectivity index (χ4n) is 2.97. The van der Waals surface area contributed by atoms with Crippen LogP contribution in [-0.4, -0.2) is 38.8 Å². The Bertz CT molecular complexity index is 209. The minimum Gasteiger partial charge on any atom is -0.337 e. The minimum absolute atomic E-state index is 0.0973. The van der Waals surface area contributed by atoms with E-state index in [-0.39, 0.29) is 9.68 Å². The van der Waals surface area contributed by atoms with Crippen molar-refractivity contribution in [1.29, 1.82) is 0 Å². The molecule has 3 nitrogen and oxygen atoms in total. The Morgan fingerprint density at radius 3 is 1.93 bits per heavy atom. The number of rotatable bonds is 1. The summed E-state index contributed by atoms with van der Waals surface area (Å²) >= 11 is 0. The van der Waals surface area contributed by atoms with Crippen LogP contribution in [0.1, 0.15) is 0 Å². The van der Waals surface area contributed by atoms with E-state index in [0.717, 1.165) is 0 Å². The molecular weight excluding hydrogens is 238 g/mol. The molecule has 0 aromatic heterocycles. The normalized spacial score (nSPS) is 37.9. The minimum atomic E-state index is -1.53. The summed E-state index contributed by atoms with van der Waals surface area (Å²) in [4.78, 5) is 0. The molecule has 0 bridgehead atoms. The van der Waals surface area contributed by atoms with Gasteiger partial charge < -0.3 is 8.54 Å². The van der Waals surface area contributed by atoms with Crippen molar-refractivity contribution in [2.45, 2.75) is 39.3 Å². The second-order valence-electron chi connectivity index (χ2n) is 5.45. The van der Waals surface area contributed by atoms with Crippen molar-refractivity contribution in [2.75, 3.05) is 0 Å². The third kappa shape index (κ3) is 2.40. The molecule has 1 aliphatic heterocycles. The van der Waals surface area contributed by atoms with Gasteiger partial charge in [-0.2, -0.15) is 0 Å². The van der Waals surface area contributed by atoms with Crippen molar-refractivity contribution in [3.05, 3.63) is 6.55 Å². The molecule has 82 valence electrons. The maximum absolute atomic E-state index is 4.49. The maximum atomic E-state index is 4.49. The van der Waals surface area contributed by atoms with Crippen LogP contribution in [0.25, 0.3) is 0 Å². The fourth-order valence-corrected chi connectivity index (χ4v) is 29.7. The van der Waals surface area contributed by atoms with Gasteiger partial charge in [0.2, 0.25) is 0 Å². The van der Waals surface area contributed by atoms with Gasteiger partial charge in [-0.15, -0.1) is 0 Å². The summed E-state index contributed by atoms with van der Waals surface area (Å²) < 4.78 is 10.5. The average molecular weight is 263 g/mol. The number of nitrogens with zero attached hydrogens (tertiary/aromatic N) is 1. The summed E-state index contributed by atoms with van der Waals surface area (Å²) in [7, 11) is -4.36. The first-order valence-electron chi connectivity index (χ1n) is 5.32. The summed E-state index contributed by atoms with van der Waals surface area (Å²) in [5.74, 6) is 0. The molecule has 0 saturated carbocycles. The molecule has 1 unspecified atom stereocenters. The average Bonchev–Trinajstić information content (AvgIpc) is 1.76. The van der Waals surface area contributed by atoms with Crippen molar-refractivity contribution >= 4 is 34.9 Å². The maximum Gasteiger partial charge on any atom is 0.405 e. The van der Waals surface area contributed by atoms with Crippen LogP contribution < -0.4 is 9.30 Å². The van der Waals surface area contributed by atoms with E-state index in [4.69, 9.17) is 0 Å². The van der Waals surface area contributed by atoms with Crippen LogP contribution in [0.15, 0.2) is 0 Å². The molecule has 1 heterocycles. The molecule has 0 aromatic carbocycles. The lowest BCUT2D eigenvalue weighted by atomic mass is 11.9. The smallest absolute Gasteiger partial charge is 0.337 e. The van der Waals surface area contributed by atoms with Gasteiger partial charge in [0, 0.05) is 6.55 Å². The van der Waals surface area contributed by atoms with Gasteiger partial charge in [-0.25, -0.2) is 0 Å². The molecule has 0 amide bonds. The predicted molar refractivity (Wildman–Crippen MR) is 74.5 cm³/mol.